The van der Waals surface area contributed by atoms with Gasteiger partial charge in [0.25, 0.3) is 0 Å². The minimum Gasteiger partial charge on any atom is -0.506 e. The molecule has 0 spiro atoms. The summed E-state index contributed by atoms with van der Waals surface area (Å²) in [4.78, 5) is 11.7. The molecule has 0 saturated heterocycles. The number of nitrogens with one attached hydrogen (secondary N) is 1. The summed E-state index contributed by atoms with van der Waals surface area (Å²) in [5.74, 6) is -0.446. The lowest BCUT2D eigenvalue weighted by Crippen LogP contribution is -2.18. The Morgan fingerprint density at radius 1 is 1.19 bits per heavy atom. The van der Waals surface area contributed by atoms with Crippen molar-refractivity contribution in [1.29, 1.82) is 0 Å². The molecule has 0 atom stereocenters. The van der Waals surface area contributed by atoms with E-state index in [4.69, 9.17) is 27.9 Å². The zero-order valence-corrected chi connectivity index (χ0v) is 12.5. The monoisotopic (exact) mass is 325 g/mol. The van der Waals surface area contributed by atoms with E-state index in [0.717, 1.165) is 5.56 Å². The number of ether oxygens (including phenoxy) is 1. The molecule has 0 radical (unpaired) electrons. The van der Waals surface area contributed by atoms with Crippen molar-refractivity contribution >= 4 is 34.8 Å². The van der Waals surface area contributed by atoms with Gasteiger partial charge >= 0.3 is 0 Å². The Bertz CT molecular complexity index is 647. The molecule has 21 heavy (non-hydrogen) atoms. The van der Waals surface area contributed by atoms with Gasteiger partial charge in [0.05, 0.1) is 12.3 Å². The highest BCUT2D eigenvalue weighted by molar-refractivity contribution is 6.31. The van der Waals surface area contributed by atoms with Crippen molar-refractivity contribution in [3.63, 3.8) is 0 Å². The minimum absolute atomic E-state index is 0.0566. The van der Waals surface area contributed by atoms with E-state index in [1.165, 1.54) is 18.2 Å². The number of hydrogen-bond donors (Lipinski definition) is 2. The molecule has 0 heterocycles. The van der Waals surface area contributed by atoms with Crippen LogP contribution in [0, 0.1) is 0 Å². The highest BCUT2D eigenvalue weighted by Crippen LogP contribution is 2.26. The fourth-order valence-corrected chi connectivity index (χ4v) is 2.03. The maximum Gasteiger partial charge on any atom is 0.250 e. The molecule has 0 unspecified atom stereocenters. The van der Waals surface area contributed by atoms with Gasteiger partial charge in [-0.2, -0.15) is 0 Å². The van der Waals surface area contributed by atoms with E-state index in [-0.39, 0.29) is 30.6 Å². The van der Waals surface area contributed by atoms with Gasteiger partial charge in [0, 0.05) is 10.0 Å². The normalized spacial score (nSPS) is 10.4. The van der Waals surface area contributed by atoms with Gasteiger partial charge in [-0.25, -0.2) is 0 Å². The van der Waals surface area contributed by atoms with Crippen LogP contribution in [0.3, 0.4) is 0 Å². The second kappa shape index (κ2) is 7.31. The quantitative estimate of drug-likeness (QED) is 0.821. The lowest BCUT2D eigenvalue weighted by molar-refractivity contribution is -0.121. The molecule has 1 amide bonds. The third-order valence-electron chi connectivity index (χ3n) is 2.68. The Balaban J connectivity index is 1.85. The maximum absolute atomic E-state index is 11.7. The molecule has 0 aliphatic heterocycles. The first-order chi connectivity index (χ1) is 10.1. The predicted molar refractivity (Wildman–Crippen MR) is 82.9 cm³/mol. The van der Waals surface area contributed by atoms with Gasteiger partial charge in [-0.05, 0) is 29.8 Å². The molecule has 2 rings (SSSR count). The number of benzene rings is 2. The highest BCUT2D eigenvalue weighted by atomic mass is 35.5. The molecule has 0 bridgehead atoms. The number of carbonyl (C=O) groups excluding carboxylic acids is 1. The van der Waals surface area contributed by atoms with Crippen molar-refractivity contribution in [2.45, 2.75) is 6.61 Å². The van der Waals surface area contributed by atoms with E-state index in [2.05, 4.69) is 5.32 Å². The second-order valence-corrected chi connectivity index (χ2v) is 5.14. The summed E-state index contributed by atoms with van der Waals surface area (Å²) < 4.78 is 5.29. The molecule has 6 heteroatoms. The molecule has 2 N–H and O–H groups in total. The zero-order valence-electron chi connectivity index (χ0n) is 11.0. The number of aromatic hydroxyl groups is 1. The van der Waals surface area contributed by atoms with Gasteiger partial charge in [0.1, 0.15) is 12.4 Å². The molecule has 0 saturated carbocycles. The maximum atomic E-state index is 11.7. The van der Waals surface area contributed by atoms with Crippen LogP contribution in [-0.2, 0) is 16.1 Å². The lowest BCUT2D eigenvalue weighted by atomic mass is 10.2. The fourth-order valence-electron chi connectivity index (χ4n) is 1.66. The van der Waals surface area contributed by atoms with Crippen LogP contribution in [0.4, 0.5) is 5.69 Å². The standard InChI is InChI=1S/C15H13Cl2NO3/c16-11-5-6-14(19)13(7-11)18-15(20)9-21-8-10-3-1-2-4-12(10)17/h1-7,19H,8-9H2,(H,18,20). The molecular weight excluding hydrogens is 313 g/mol. The third-order valence-corrected chi connectivity index (χ3v) is 3.29. The van der Waals surface area contributed by atoms with Gasteiger partial charge in [-0.1, -0.05) is 41.4 Å². The molecular formula is C15H13Cl2NO3. The van der Waals surface area contributed by atoms with Crippen LogP contribution in [0.1, 0.15) is 5.56 Å². The Kier molecular flexibility index (Phi) is 5.44. The van der Waals surface area contributed by atoms with Crippen LogP contribution in [0.2, 0.25) is 10.0 Å². The van der Waals surface area contributed by atoms with Crippen molar-refractivity contribution in [3.05, 3.63) is 58.1 Å². The molecule has 2 aromatic rings. The largest absolute Gasteiger partial charge is 0.506 e. The Hall–Kier alpha value is -1.75. The van der Waals surface area contributed by atoms with E-state index < -0.39 is 0 Å². The van der Waals surface area contributed by atoms with Crippen LogP contribution in [0.15, 0.2) is 42.5 Å². The Morgan fingerprint density at radius 3 is 2.71 bits per heavy atom. The number of phenolic OH excluding ortho intramolecular Hbond substituents is 1. The van der Waals surface area contributed by atoms with Gasteiger partial charge < -0.3 is 15.2 Å². The number of rotatable bonds is 5. The van der Waals surface area contributed by atoms with Gasteiger partial charge in [0.15, 0.2) is 0 Å². The van der Waals surface area contributed by atoms with Crippen molar-refractivity contribution in [2.24, 2.45) is 0 Å². The van der Waals surface area contributed by atoms with E-state index >= 15 is 0 Å². The van der Waals surface area contributed by atoms with E-state index in [0.29, 0.717) is 10.0 Å². The topological polar surface area (TPSA) is 58.6 Å². The van der Waals surface area contributed by atoms with E-state index in [1.807, 2.05) is 18.2 Å². The first-order valence-electron chi connectivity index (χ1n) is 6.16. The lowest BCUT2D eigenvalue weighted by Gasteiger charge is -2.09. The van der Waals surface area contributed by atoms with Crippen molar-refractivity contribution in [1.82, 2.24) is 0 Å². The van der Waals surface area contributed by atoms with Crippen molar-refractivity contribution < 1.29 is 14.6 Å². The van der Waals surface area contributed by atoms with E-state index in [1.54, 1.807) is 6.07 Å². The smallest absolute Gasteiger partial charge is 0.250 e. The second-order valence-electron chi connectivity index (χ2n) is 4.29. The molecule has 4 nitrogen and oxygen atoms in total. The van der Waals surface area contributed by atoms with Crippen molar-refractivity contribution in [3.8, 4) is 5.75 Å². The SMILES string of the molecule is O=C(COCc1ccccc1Cl)Nc1cc(Cl)ccc1O. The summed E-state index contributed by atoms with van der Waals surface area (Å²) in [7, 11) is 0. The number of anilines is 1. The Morgan fingerprint density at radius 2 is 1.95 bits per heavy atom. The third kappa shape index (κ3) is 4.63. The average Bonchev–Trinajstić information content (AvgIpc) is 2.45. The van der Waals surface area contributed by atoms with Crippen molar-refractivity contribution in [2.75, 3.05) is 11.9 Å². The summed E-state index contributed by atoms with van der Waals surface area (Å²) in [6.07, 6.45) is 0. The molecule has 0 aliphatic rings. The molecule has 0 aliphatic carbocycles. The van der Waals surface area contributed by atoms with Crippen LogP contribution in [-0.4, -0.2) is 17.6 Å². The Labute approximate surface area is 132 Å². The van der Waals surface area contributed by atoms with Crippen LogP contribution < -0.4 is 5.32 Å². The predicted octanol–water partition coefficient (Wildman–Crippen LogP) is 3.85. The number of amides is 1. The molecule has 110 valence electrons. The number of halogens is 2. The molecule has 0 aromatic heterocycles. The van der Waals surface area contributed by atoms with Gasteiger partial charge in [-0.3, -0.25) is 4.79 Å². The van der Waals surface area contributed by atoms with Crippen LogP contribution in [0.25, 0.3) is 0 Å². The van der Waals surface area contributed by atoms with E-state index in [9.17, 15) is 9.90 Å². The van der Waals surface area contributed by atoms with Gasteiger partial charge in [-0.15, -0.1) is 0 Å². The number of hydrogen-bond acceptors (Lipinski definition) is 3. The highest BCUT2D eigenvalue weighted by Gasteiger charge is 2.08. The average molecular weight is 326 g/mol. The zero-order chi connectivity index (χ0) is 15.2. The summed E-state index contributed by atoms with van der Waals surface area (Å²) in [6.45, 7) is 0.0752. The fraction of sp³-hybridized carbons (Fsp3) is 0.133. The van der Waals surface area contributed by atoms with Crippen LogP contribution in [0.5, 0.6) is 5.75 Å². The molecule has 0 fully saturated rings. The summed E-state index contributed by atoms with van der Waals surface area (Å²) in [6, 6.07) is 11.6. The summed E-state index contributed by atoms with van der Waals surface area (Å²) in [5, 5.41) is 13.1. The van der Waals surface area contributed by atoms with Crippen LogP contribution >= 0.6 is 23.2 Å². The number of phenols is 1. The minimum atomic E-state index is -0.389. The first-order valence-corrected chi connectivity index (χ1v) is 6.91. The number of carbonyl (C=O) groups is 1. The summed E-state index contributed by atoms with van der Waals surface area (Å²) >= 11 is 11.8. The summed E-state index contributed by atoms with van der Waals surface area (Å²) in [5.41, 5.74) is 1.05. The first kappa shape index (κ1) is 15.6. The molecule has 2 aromatic carbocycles. The van der Waals surface area contributed by atoms with Gasteiger partial charge in [0.2, 0.25) is 5.91 Å².